The van der Waals surface area contributed by atoms with Crippen molar-refractivity contribution in [3.05, 3.63) is 36.3 Å². The number of nitrogen functional groups attached to an aromatic ring is 1. The number of ether oxygens (including phenoxy) is 1. The van der Waals surface area contributed by atoms with Gasteiger partial charge in [0.15, 0.2) is 5.03 Å². The highest BCUT2D eigenvalue weighted by Gasteiger charge is 2.17. The van der Waals surface area contributed by atoms with E-state index in [0.717, 1.165) is 0 Å². The van der Waals surface area contributed by atoms with E-state index < -0.39 is 10.0 Å². The summed E-state index contributed by atoms with van der Waals surface area (Å²) in [7, 11) is -2.14. The van der Waals surface area contributed by atoms with Crippen molar-refractivity contribution in [2.75, 3.05) is 12.8 Å². The molecule has 0 bridgehead atoms. The average Bonchev–Trinajstić information content (AvgIpc) is 2.95. The van der Waals surface area contributed by atoms with Crippen LogP contribution in [-0.2, 0) is 23.1 Å². The Morgan fingerprint density at radius 1 is 1.43 bits per heavy atom. The van der Waals surface area contributed by atoms with Gasteiger partial charge in [-0.2, -0.15) is 0 Å². The van der Waals surface area contributed by atoms with Gasteiger partial charge in [0.1, 0.15) is 5.75 Å². The van der Waals surface area contributed by atoms with Crippen LogP contribution in [0.25, 0.3) is 0 Å². The number of rotatable bonds is 6. The Bertz CT molecular complexity index is 725. The lowest BCUT2D eigenvalue weighted by molar-refractivity contribution is 0.409. The maximum absolute atomic E-state index is 12.2. The molecule has 2 rings (SSSR count). The number of aryl methyl sites for hydroxylation is 1. The van der Waals surface area contributed by atoms with Gasteiger partial charge in [0, 0.05) is 30.5 Å². The van der Waals surface area contributed by atoms with Gasteiger partial charge in [-0.15, -0.1) is 0 Å². The molecule has 1 heterocycles. The van der Waals surface area contributed by atoms with Crippen LogP contribution in [0.2, 0.25) is 0 Å². The molecule has 21 heavy (non-hydrogen) atoms. The van der Waals surface area contributed by atoms with E-state index in [1.54, 1.807) is 22.8 Å². The summed E-state index contributed by atoms with van der Waals surface area (Å²) in [6.45, 7) is 2.64. The fourth-order valence-corrected chi connectivity index (χ4v) is 2.79. The van der Waals surface area contributed by atoms with Crippen LogP contribution >= 0.6 is 0 Å². The molecule has 0 aliphatic carbocycles. The number of hydrogen-bond donors (Lipinski definition) is 2. The molecule has 0 unspecified atom stereocenters. The second-order valence-corrected chi connectivity index (χ2v) is 6.15. The first-order valence-corrected chi connectivity index (χ1v) is 7.88. The van der Waals surface area contributed by atoms with E-state index in [9.17, 15) is 8.42 Å². The van der Waals surface area contributed by atoms with Crippen molar-refractivity contribution >= 4 is 15.7 Å². The standard InChI is InChI=1S/C13H18N4O3S/c1-3-17-8-13(15-9-17)21(18,19)16-7-10-6-11(14)4-5-12(10)20-2/h4-6,8-9,16H,3,7,14H2,1-2H3. The molecule has 0 spiro atoms. The monoisotopic (exact) mass is 310 g/mol. The molecule has 8 heteroatoms. The summed E-state index contributed by atoms with van der Waals surface area (Å²) in [5.41, 5.74) is 6.91. The van der Waals surface area contributed by atoms with Crippen molar-refractivity contribution < 1.29 is 13.2 Å². The Morgan fingerprint density at radius 3 is 2.81 bits per heavy atom. The molecule has 0 radical (unpaired) electrons. The molecule has 0 saturated carbocycles. The summed E-state index contributed by atoms with van der Waals surface area (Å²) in [5, 5.41) is -0.00720. The summed E-state index contributed by atoms with van der Waals surface area (Å²) in [5.74, 6) is 0.575. The van der Waals surface area contributed by atoms with E-state index in [4.69, 9.17) is 10.5 Å². The van der Waals surface area contributed by atoms with E-state index in [1.807, 2.05) is 6.92 Å². The third-order valence-corrected chi connectivity index (χ3v) is 4.29. The zero-order chi connectivity index (χ0) is 15.5. The summed E-state index contributed by atoms with van der Waals surface area (Å²) >= 11 is 0. The van der Waals surface area contributed by atoms with Gasteiger partial charge in [-0.05, 0) is 25.1 Å². The number of sulfonamides is 1. The quantitative estimate of drug-likeness (QED) is 0.775. The molecule has 0 aliphatic heterocycles. The molecule has 3 N–H and O–H groups in total. The topological polar surface area (TPSA) is 99.2 Å². The average molecular weight is 310 g/mol. The summed E-state index contributed by atoms with van der Waals surface area (Å²) in [6, 6.07) is 5.07. The molecular weight excluding hydrogens is 292 g/mol. The Kier molecular flexibility index (Phi) is 4.49. The second kappa shape index (κ2) is 6.15. The summed E-state index contributed by atoms with van der Waals surface area (Å²) in [6.07, 6.45) is 2.97. The molecule has 114 valence electrons. The SMILES string of the molecule is CCn1cnc(S(=O)(=O)NCc2cc(N)ccc2OC)c1. The lowest BCUT2D eigenvalue weighted by atomic mass is 10.2. The largest absolute Gasteiger partial charge is 0.496 e. The number of anilines is 1. The van der Waals surface area contributed by atoms with Gasteiger partial charge in [-0.25, -0.2) is 18.1 Å². The number of hydrogen-bond acceptors (Lipinski definition) is 5. The maximum atomic E-state index is 12.2. The molecule has 1 aromatic carbocycles. The molecule has 1 aromatic heterocycles. The molecule has 2 aromatic rings. The molecule has 0 saturated heterocycles. The maximum Gasteiger partial charge on any atom is 0.259 e. The molecule has 0 aliphatic rings. The van der Waals surface area contributed by atoms with Crippen LogP contribution in [-0.4, -0.2) is 25.1 Å². The Balaban J connectivity index is 2.17. The number of nitrogens with zero attached hydrogens (tertiary/aromatic N) is 2. The van der Waals surface area contributed by atoms with Gasteiger partial charge < -0.3 is 15.0 Å². The Labute approximate surface area is 123 Å². The number of nitrogens with two attached hydrogens (primary N) is 1. The van der Waals surface area contributed by atoms with Gasteiger partial charge in [0.25, 0.3) is 10.0 Å². The fourth-order valence-electron chi connectivity index (χ4n) is 1.83. The Hall–Kier alpha value is -2.06. The molecule has 0 atom stereocenters. The second-order valence-electron chi connectivity index (χ2n) is 4.44. The third kappa shape index (κ3) is 3.53. The normalized spacial score (nSPS) is 11.5. The third-order valence-electron chi connectivity index (χ3n) is 3.01. The van der Waals surface area contributed by atoms with E-state index in [2.05, 4.69) is 9.71 Å². The van der Waals surface area contributed by atoms with Gasteiger partial charge in [-0.1, -0.05) is 0 Å². The lowest BCUT2D eigenvalue weighted by Gasteiger charge is -2.10. The van der Waals surface area contributed by atoms with Gasteiger partial charge in [0.05, 0.1) is 13.4 Å². The summed E-state index contributed by atoms with van der Waals surface area (Å²) < 4.78 is 33.7. The van der Waals surface area contributed by atoms with Gasteiger partial charge in [0.2, 0.25) is 0 Å². The van der Waals surface area contributed by atoms with E-state index in [1.165, 1.54) is 19.6 Å². The van der Waals surface area contributed by atoms with E-state index in [-0.39, 0.29) is 11.6 Å². The lowest BCUT2D eigenvalue weighted by Crippen LogP contribution is -2.24. The van der Waals surface area contributed by atoms with Crippen molar-refractivity contribution in [3.8, 4) is 5.75 Å². The number of nitrogens with one attached hydrogen (secondary N) is 1. The minimum atomic E-state index is -3.66. The minimum absolute atomic E-state index is 0.00720. The van der Waals surface area contributed by atoms with Crippen LogP contribution in [0.15, 0.2) is 35.7 Å². The highest BCUT2D eigenvalue weighted by molar-refractivity contribution is 7.89. The number of benzene rings is 1. The summed E-state index contributed by atoms with van der Waals surface area (Å²) in [4.78, 5) is 3.89. The first-order chi connectivity index (χ1) is 9.96. The van der Waals surface area contributed by atoms with Crippen LogP contribution in [0.4, 0.5) is 5.69 Å². The van der Waals surface area contributed by atoms with Crippen molar-refractivity contribution in [1.29, 1.82) is 0 Å². The Morgan fingerprint density at radius 2 is 2.19 bits per heavy atom. The minimum Gasteiger partial charge on any atom is -0.496 e. The van der Waals surface area contributed by atoms with Crippen LogP contribution in [0, 0.1) is 0 Å². The first kappa shape index (κ1) is 15.3. The van der Waals surface area contributed by atoms with Crippen molar-refractivity contribution in [1.82, 2.24) is 14.3 Å². The number of methoxy groups -OCH3 is 1. The van der Waals surface area contributed by atoms with Crippen LogP contribution in [0.1, 0.15) is 12.5 Å². The van der Waals surface area contributed by atoms with E-state index >= 15 is 0 Å². The zero-order valence-electron chi connectivity index (χ0n) is 11.9. The smallest absolute Gasteiger partial charge is 0.259 e. The first-order valence-electron chi connectivity index (χ1n) is 6.40. The highest BCUT2D eigenvalue weighted by atomic mass is 32.2. The van der Waals surface area contributed by atoms with Crippen molar-refractivity contribution in [2.45, 2.75) is 25.0 Å². The highest BCUT2D eigenvalue weighted by Crippen LogP contribution is 2.21. The fraction of sp³-hybridized carbons (Fsp3) is 0.308. The zero-order valence-corrected chi connectivity index (χ0v) is 12.7. The predicted octanol–water partition coefficient (Wildman–Crippen LogP) is 0.972. The van der Waals surface area contributed by atoms with Gasteiger partial charge >= 0.3 is 0 Å². The van der Waals surface area contributed by atoms with Crippen molar-refractivity contribution in [3.63, 3.8) is 0 Å². The van der Waals surface area contributed by atoms with E-state index in [0.29, 0.717) is 23.5 Å². The van der Waals surface area contributed by atoms with Crippen LogP contribution in [0.3, 0.4) is 0 Å². The van der Waals surface area contributed by atoms with Crippen molar-refractivity contribution in [2.24, 2.45) is 0 Å². The number of aromatic nitrogens is 2. The molecule has 0 fully saturated rings. The molecule has 0 amide bonds. The van der Waals surface area contributed by atoms with Crippen LogP contribution < -0.4 is 15.2 Å². The van der Waals surface area contributed by atoms with Crippen LogP contribution in [0.5, 0.6) is 5.75 Å². The number of imidazole rings is 1. The predicted molar refractivity (Wildman–Crippen MR) is 79.3 cm³/mol. The molecular formula is C13H18N4O3S. The molecule has 7 nitrogen and oxygen atoms in total. The van der Waals surface area contributed by atoms with Gasteiger partial charge in [-0.3, -0.25) is 0 Å².